The normalized spacial score (nSPS) is 20.9. The summed E-state index contributed by atoms with van der Waals surface area (Å²) in [5, 5.41) is 14.7. The van der Waals surface area contributed by atoms with Crippen molar-refractivity contribution in [1.82, 2.24) is 10.3 Å². The first kappa shape index (κ1) is 17.8. The van der Waals surface area contributed by atoms with Crippen LogP contribution in [-0.2, 0) is 5.60 Å². The molecule has 1 heterocycles. The summed E-state index contributed by atoms with van der Waals surface area (Å²) in [6.07, 6.45) is 9.44. The molecule has 0 bridgehead atoms. The molecule has 0 amide bonds. The Morgan fingerprint density at radius 2 is 2.30 bits per heavy atom. The Bertz CT molecular complexity index is 646. The molecule has 7 heteroatoms. The van der Waals surface area contributed by atoms with E-state index in [9.17, 15) is 5.11 Å². The fraction of sp³-hybridized carbons (Fsp3) is 0.438. The molecule has 1 aromatic heterocycles. The van der Waals surface area contributed by atoms with Crippen LogP contribution in [0.25, 0.3) is 0 Å². The maximum Gasteiger partial charge on any atom is 0.160 e. The lowest BCUT2D eigenvalue weighted by Crippen LogP contribution is -2.32. The van der Waals surface area contributed by atoms with Gasteiger partial charge in [0.2, 0.25) is 0 Å². The molecule has 124 valence electrons. The molecule has 2 unspecified atom stereocenters. The minimum Gasteiger partial charge on any atom is -0.376 e. The molecule has 0 aliphatic heterocycles. The predicted molar refractivity (Wildman–Crippen MR) is 97.9 cm³/mol. The summed E-state index contributed by atoms with van der Waals surface area (Å²) in [4.78, 5) is 13.7. The quantitative estimate of drug-likeness (QED) is 0.470. The summed E-state index contributed by atoms with van der Waals surface area (Å²) in [7, 11) is 1.67. The monoisotopic (exact) mass is 352 g/mol. The van der Waals surface area contributed by atoms with Gasteiger partial charge in [-0.05, 0) is 25.8 Å². The van der Waals surface area contributed by atoms with Crippen LogP contribution >= 0.6 is 22.9 Å². The highest BCUT2D eigenvalue weighted by Gasteiger charge is 2.36. The Kier molecular flexibility index (Phi) is 6.10. The molecular formula is C16H21ClN4OS. The van der Waals surface area contributed by atoms with Crippen molar-refractivity contribution >= 4 is 35.6 Å². The van der Waals surface area contributed by atoms with E-state index in [1.165, 1.54) is 24.0 Å². The zero-order valence-corrected chi connectivity index (χ0v) is 15.0. The Balaban J connectivity index is 2.30. The first-order valence-electron chi connectivity index (χ1n) is 7.32. The Morgan fingerprint density at radius 3 is 2.87 bits per heavy atom. The number of alkyl halides is 1. The number of aromatic nitrogens is 1. The van der Waals surface area contributed by atoms with Crippen LogP contribution in [0.4, 0.5) is 0 Å². The van der Waals surface area contributed by atoms with E-state index in [4.69, 9.17) is 11.6 Å². The highest BCUT2D eigenvalue weighted by molar-refractivity contribution is 7.11. The van der Waals surface area contributed by atoms with Crippen LogP contribution in [0.15, 0.2) is 33.8 Å². The lowest BCUT2D eigenvalue weighted by molar-refractivity contribution is 0.0890. The number of rotatable bonds is 6. The number of hydrogen-bond acceptors (Lipinski definition) is 5. The SMILES string of the molecule is CN=CNC=NCC(O)(C1=CCC(Cl)C=C1)c1nc(C)c(C)s1. The zero-order chi connectivity index (χ0) is 16.9. The minimum atomic E-state index is -1.25. The molecule has 0 aromatic carbocycles. The van der Waals surface area contributed by atoms with Gasteiger partial charge in [0.15, 0.2) is 5.60 Å². The van der Waals surface area contributed by atoms with Crippen molar-refractivity contribution in [3.8, 4) is 0 Å². The second kappa shape index (κ2) is 7.86. The molecule has 1 aliphatic rings. The first-order chi connectivity index (χ1) is 11.0. The molecule has 2 N–H and O–H groups in total. The van der Waals surface area contributed by atoms with E-state index in [0.29, 0.717) is 11.4 Å². The third-order valence-corrected chi connectivity index (χ3v) is 5.14. The van der Waals surface area contributed by atoms with Crippen molar-refractivity contribution in [2.45, 2.75) is 31.2 Å². The van der Waals surface area contributed by atoms with Gasteiger partial charge in [-0.15, -0.1) is 22.9 Å². The van der Waals surface area contributed by atoms with Gasteiger partial charge >= 0.3 is 0 Å². The maximum absolute atomic E-state index is 11.3. The molecule has 1 aliphatic carbocycles. The number of aryl methyl sites for hydroxylation is 2. The summed E-state index contributed by atoms with van der Waals surface area (Å²) in [5.41, 5.74) is 0.461. The molecule has 0 saturated carbocycles. The van der Waals surface area contributed by atoms with Crippen LogP contribution in [0.3, 0.4) is 0 Å². The van der Waals surface area contributed by atoms with Crippen LogP contribution < -0.4 is 5.32 Å². The van der Waals surface area contributed by atoms with E-state index in [1.54, 1.807) is 7.05 Å². The number of halogens is 1. The number of hydrogen-bond donors (Lipinski definition) is 2. The van der Waals surface area contributed by atoms with Gasteiger partial charge in [-0.2, -0.15) is 0 Å². The minimum absolute atomic E-state index is 0.0336. The maximum atomic E-state index is 11.3. The number of aliphatic hydroxyl groups is 1. The highest BCUT2D eigenvalue weighted by atomic mass is 35.5. The van der Waals surface area contributed by atoms with E-state index >= 15 is 0 Å². The van der Waals surface area contributed by atoms with Crippen molar-refractivity contribution < 1.29 is 5.11 Å². The predicted octanol–water partition coefficient (Wildman–Crippen LogP) is 2.72. The van der Waals surface area contributed by atoms with Gasteiger partial charge in [-0.1, -0.05) is 18.2 Å². The largest absolute Gasteiger partial charge is 0.376 e. The van der Waals surface area contributed by atoms with Crippen molar-refractivity contribution in [3.63, 3.8) is 0 Å². The third-order valence-electron chi connectivity index (χ3n) is 3.60. The molecule has 0 radical (unpaired) electrons. The van der Waals surface area contributed by atoms with E-state index in [0.717, 1.165) is 16.1 Å². The van der Waals surface area contributed by atoms with Crippen molar-refractivity contribution in [1.29, 1.82) is 0 Å². The summed E-state index contributed by atoms with van der Waals surface area (Å²) in [6.45, 7) is 4.12. The standard InChI is InChI=1S/C16H21ClN4OS/c1-11-12(2)23-15(21-11)16(22,8-19-10-20-9-18-3)13-4-6-14(17)7-5-13/h4-6,9-10,14,22H,7-8H2,1-3H3,(H,18,19,20). The van der Waals surface area contributed by atoms with Crippen molar-refractivity contribution in [3.05, 3.63) is 39.4 Å². The molecule has 2 atom stereocenters. The molecule has 0 fully saturated rings. The Hall–Kier alpha value is -1.50. The van der Waals surface area contributed by atoms with Crippen LogP contribution in [0.2, 0.25) is 0 Å². The topological polar surface area (TPSA) is 69.9 Å². The lowest BCUT2D eigenvalue weighted by Gasteiger charge is -2.27. The number of aliphatic imine (C=N–C) groups is 2. The summed E-state index contributed by atoms with van der Waals surface area (Å²) in [5.74, 6) is 0. The molecule has 0 saturated heterocycles. The molecular weight excluding hydrogens is 332 g/mol. The van der Waals surface area contributed by atoms with Crippen molar-refractivity contribution in [2.75, 3.05) is 13.6 Å². The summed E-state index contributed by atoms with van der Waals surface area (Å²) < 4.78 is 0. The Morgan fingerprint density at radius 1 is 1.52 bits per heavy atom. The highest BCUT2D eigenvalue weighted by Crippen LogP contribution is 2.36. The van der Waals surface area contributed by atoms with Crippen molar-refractivity contribution in [2.24, 2.45) is 9.98 Å². The molecule has 0 spiro atoms. The van der Waals surface area contributed by atoms with Crippen LogP contribution in [0.5, 0.6) is 0 Å². The van der Waals surface area contributed by atoms with Crippen LogP contribution in [0, 0.1) is 13.8 Å². The average molecular weight is 353 g/mol. The fourth-order valence-corrected chi connectivity index (χ4v) is 3.35. The van der Waals surface area contributed by atoms with Gasteiger partial charge < -0.3 is 10.4 Å². The van der Waals surface area contributed by atoms with Crippen LogP contribution in [-0.4, -0.2) is 41.7 Å². The number of thiazole rings is 1. The summed E-state index contributed by atoms with van der Waals surface area (Å²) in [6, 6.07) is 0. The van der Waals surface area contributed by atoms with E-state index in [-0.39, 0.29) is 11.9 Å². The first-order valence-corrected chi connectivity index (χ1v) is 8.57. The molecule has 2 rings (SSSR count). The smallest absolute Gasteiger partial charge is 0.160 e. The number of nitrogens with zero attached hydrogens (tertiary/aromatic N) is 3. The summed E-state index contributed by atoms with van der Waals surface area (Å²) >= 11 is 7.58. The lowest BCUT2D eigenvalue weighted by atomic mass is 9.90. The molecule has 1 aromatic rings. The van der Waals surface area contributed by atoms with Gasteiger partial charge in [0.05, 0.1) is 30.3 Å². The third kappa shape index (κ3) is 4.28. The Labute approximate surface area is 145 Å². The average Bonchev–Trinajstić information content (AvgIpc) is 2.87. The fourth-order valence-electron chi connectivity index (χ4n) is 2.17. The second-order valence-electron chi connectivity index (χ2n) is 5.31. The zero-order valence-electron chi connectivity index (χ0n) is 13.5. The molecule has 23 heavy (non-hydrogen) atoms. The van der Waals surface area contributed by atoms with Gasteiger partial charge in [-0.25, -0.2) is 4.98 Å². The van der Waals surface area contributed by atoms with Gasteiger partial charge in [0, 0.05) is 11.9 Å². The van der Waals surface area contributed by atoms with Crippen LogP contribution in [0.1, 0.15) is 22.0 Å². The second-order valence-corrected chi connectivity index (χ2v) is 7.08. The van der Waals surface area contributed by atoms with Gasteiger partial charge in [0.25, 0.3) is 0 Å². The number of allylic oxidation sites excluding steroid dienone is 2. The van der Waals surface area contributed by atoms with E-state index < -0.39 is 5.60 Å². The van der Waals surface area contributed by atoms with E-state index in [1.807, 2.05) is 32.1 Å². The number of nitrogens with one attached hydrogen (secondary N) is 1. The van der Waals surface area contributed by atoms with E-state index in [2.05, 4.69) is 20.3 Å². The molecule has 5 nitrogen and oxygen atoms in total. The van der Waals surface area contributed by atoms with Gasteiger partial charge in [-0.3, -0.25) is 9.98 Å². The van der Waals surface area contributed by atoms with Gasteiger partial charge in [0.1, 0.15) is 5.01 Å².